The third-order valence-electron chi connectivity index (χ3n) is 6.79. The summed E-state index contributed by atoms with van der Waals surface area (Å²) < 4.78 is 7.83. The van der Waals surface area contributed by atoms with E-state index in [0.29, 0.717) is 18.5 Å². The first kappa shape index (κ1) is 21.5. The minimum atomic E-state index is -0.684. The van der Waals surface area contributed by atoms with Crippen LogP contribution >= 0.6 is 0 Å². The van der Waals surface area contributed by atoms with Crippen molar-refractivity contribution >= 4 is 28.6 Å². The predicted molar refractivity (Wildman–Crippen MR) is 123 cm³/mol. The van der Waals surface area contributed by atoms with Crippen molar-refractivity contribution in [1.29, 1.82) is 0 Å². The number of aromatic nitrogens is 2. The van der Waals surface area contributed by atoms with E-state index >= 15 is 0 Å². The number of ether oxygens (including phenoxy) is 1. The number of ketones is 1. The fourth-order valence-corrected chi connectivity index (χ4v) is 4.97. The second-order valence-electron chi connectivity index (χ2n) is 8.94. The van der Waals surface area contributed by atoms with Crippen LogP contribution in [0.15, 0.2) is 36.5 Å². The molecule has 0 radical (unpaired) electrons. The number of benzene rings is 1. The molecule has 8 nitrogen and oxygen atoms in total. The van der Waals surface area contributed by atoms with E-state index in [1.165, 1.54) is 0 Å². The number of hydrogen-bond acceptors (Lipinski definition) is 4. The molecule has 1 aromatic carbocycles. The van der Waals surface area contributed by atoms with Gasteiger partial charge in [0, 0.05) is 53.6 Å². The largest absolute Gasteiger partial charge is 0.376 e. The molecule has 2 N–H and O–H groups in total. The Morgan fingerprint density at radius 3 is 2.82 bits per heavy atom. The fourth-order valence-electron chi connectivity index (χ4n) is 4.97. The zero-order valence-electron chi connectivity index (χ0n) is 18.9. The number of fused-ring (bicyclic) bond motifs is 1. The Kier molecular flexibility index (Phi) is 5.54. The number of hydrogen-bond donors (Lipinski definition) is 2. The SMILES string of the molecule is Cc1cc(C(=O)CN2C(=O)N[C@H](Cc3c[nH]c4ccccc34)C2=O)c(C)n1C[C@H]1CCCO1. The molecular weight excluding hydrogens is 420 g/mol. The number of carbonyl (C=O) groups excluding carboxylic acids is 3. The molecule has 0 bridgehead atoms. The summed E-state index contributed by atoms with van der Waals surface area (Å²) in [6, 6.07) is 8.46. The molecule has 4 heterocycles. The van der Waals surface area contributed by atoms with Crippen LogP contribution in [0.3, 0.4) is 0 Å². The van der Waals surface area contributed by atoms with Crippen molar-refractivity contribution < 1.29 is 19.1 Å². The Morgan fingerprint density at radius 2 is 2.03 bits per heavy atom. The lowest BCUT2D eigenvalue weighted by atomic mass is 10.0. The highest BCUT2D eigenvalue weighted by Gasteiger charge is 2.39. The van der Waals surface area contributed by atoms with Crippen molar-refractivity contribution in [3.63, 3.8) is 0 Å². The Balaban J connectivity index is 1.29. The summed E-state index contributed by atoms with van der Waals surface area (Å²) in [5, 5.41) is 3.76. The van der Waals surface area contributed by atoms with Gasteiger partial charge in [0.25, 0.3) is 5.91 Å². The lowest BCUT2D eigenvalue weighted by Crippen LogP contribution is -2.36. The number of H-pyrrole nitrogens is 1. The smallest absolute Gasteiger partial charge is 0.325 e. The molecule has 0 unspecified atom stereocenters. The maximum atomic E-state index is 13.1. The Hall–Kier alpha value is -3.39. The number of carbonyl (C=O) groups is 3. The van der Waals surface area contributed by atoms with E-state index in [9.17, 15) is 14.4 Å². The topological polar surface area (TPSA) is 96.4 Å². The number of aromatic amines is 1. The zero-order valence-corrected chi connectivity index (χ0v) is 18.9. The van der Waals surface area contributed by atoms with E-state index in [1.807, 2.05) is 50.4 Å². The first-order chi connectivity index (χ1) is 15.9. The Morgan fingerprint density at radius 1 is 1.21 bits per heavy atom. The summed E-state index contributed by atoms with van der Waals surface area (Å²) in [7, 11) is 0. The third-order valence-corrected chi connectivity index (χ3v) is 6.79. The van der Waals surface area contributed by atoms with Gasteiger partial charge in [0.1, 0.15) is 6.04 Å². The van der Waals surface area contributed by atoms with E-state index in [1.54, 1.807) is 0 Å². The number of aryl methyl sites for hydroxylation is 1. The van der Waals surface area contributed by atoms with E-state index < -0.39 is 12.1 Å². The predicted octanol–water partition coefficient (Wildman–Crippen LogP) is 3.11. The lowest BCUT2D eigenvalue weighted by molar-refractivity contribution is -0.127. The van der Waals surface area contributed by atoms with Crippen molar-refractivity contribution in [2.24, 2.45) is 0 Å². The molecule has 33 heavy (non-hydrogen) atoms. The van der Waals surface area contributed by atoms with Gasteiger partial charge in [0.05, 0.1) is 12.6 Å². The highest BCUT2D eigenvalue weighted by molar-refractivity contribution is 6.09. The Bertz CT molecular complexity index is 1230. The van der Waals surface area contributed by atoms with Crippen LogP contribution < -0.4 is 5.32 Å². The van der Waals surface area contributed by atoms with Crippen LogP contribution in [-0.4, -0.2) is 57.5 Å². The summed E-state index contributed by atoms with van der Waals surface area (Å²) in [4.78, 5) is 42.9. The summed E-state index contributed by atoms with van der Waals surface area (Å²) in [6.07, 6.45) is 4.46. The monoisotopic (exact) mass is 448 g/mol. The van der Waals surface area contributed by atoms with Crippen molar-refractivity contribution in [3.05, 3.63) is 59.0 Å². The number of para-hydroxylation sites is 1. The molecule has 172 valence electrons. The van der Waals surface area contributed by atoms with Gasteiger partial charge in [-0.05, 0) is 44.4 Å². The number of Topliss-reactive ketones (excluding diaryl/α,β-unsaturated/α-hetero) is 1. The molecule has 8 heteroatoms. The molecule has 2 aromatic heterocycles. The van der Waals surface area contributed by atoms with Gasteiger partial charge < -0.3 is 19.6 Å². The number of urea groups is 1. The van der Waals surface area contributed by atoms with E-state index in [2.05, 4.69) is 14.9 Å². The molecule has 0 aliphatic carbocycles. The van der Waals surface area contributed by atoms with Gasteiger partial charge in [0.15, 0.2) is 5.78 Å². The normalized spacial score (nSPS) is 20.7. The van der Waals surface area contributed by atoms with E-state index in [0.717, 1.165) is 52.2 Å². The second kappa shape index (κ2) is 8.51. The van der Waals surface area contributed by atoms with Crippen molar-refractivity contribution in [2.45, 2.75) is 51.8 Å². The van der Waals surface area contributed by atoms with Crippen molar-refractivity contribution in [1.82, 2.24) is 19.8 Å². The van der Waals surface area contributed by atoms with Gasteiger partial charge in [-0.1, -0.05) is 18.2 Å². The quantitative estimate of drug-likeness (QED) is 0.429. The number of amides is 3. The average Bonchev–Trinajstić information content (AvgIpc) is 3.57. The standard InChI is InChI=1S/C25H28N4O4/c1-15-10-20(16(2)28(15)13-18-6-5-9-33-18)23(30)14-29-24(31)22(27-25(29)32)11-17-12-26-21-8-4-3-7-19(17)21/h3-4,7-8,10,12,18,22,26H,5-6,9,11,13-14H2,1-2H3,(H,27,32)/t18-,22-/m1/s1. The molecule has 2 fully saturated rings. The van der Waals surface area contributed by atoms with Crippen LogP contribution in [0.1, 0.15) is 40.2 Å². The molecule has 2 aliphatic rings. The molecule has 5 rings (SSSR count). The number of nitrogens with zero attached hydrogens (tertiary/aromatic N) is 2. The molecular formula is C25H28N4O4. The summed E-state index contributed by atoms with van der Waals surface area (Å²) in [5.41, 5.74) is 4.30. The summed E-state index contributed by atoms with van der Waals surface area (Å²) in [5.74, 6) is -0.607. The van der Waals surface area contributed by atoms with Gasteiger partial charge in [-0.3, -0.25) is 14.5 Å². The molecule has 2 saturated heterocycles. The van der Waals surface area contributed by atoms with E-state index in [-0.39, 0.29) is 24.3 Å². The first-order valence-electron chi connectivity index (χ1n) is 11.4. The second-order valence-corrected chi connectivity index (χ2v) is 8.94. The third kappa shape index (κ3) is 3.95. The molecule has 0 saturated carbocycles. The van der Waals surface area contributed by atoms with Gasteiger partial charge in [0.2, 0.25) is 0 Å². The number of nitrogens with one attached hydrogen (secondary N) is 2. The van der Waals surface area contributed by atoms with Gasteiger partial charge in [-0.15, -0.1) is 0 Å². The van der Waals surface area contributed by atoms with Crippen LogP contribution in [0.5, 0.6) is 0 Å². The van der Waals surface area contributed by atoms with Gasteiger partial charge in [-0.25, -0.2) is 4.79 Å². The maximum Gasteiger partial charge on any atom is 0.325 e. The molecule has 3 amide bonds. The van der Waals surface area contributed by atoms with Crippen LogP contribution in [0.25, 0.3) is 10.9 Å². The zero-order chi connectivity index (χ0) is 23.1. The van der Waals surface area contributed by atoms with Gasteiger partial charge in [-0.2, -0.15) is 0 Å². The highest BCUT2D eigenvalue weighted by Crippen LogP contribution is 2.23. The maximum absolute atomic E-state index is 13.1. The molecule has 2 aliphatic heterocycles. The van der Waals surface area contributed by atoms with Crippen LogP contribution in [-0.2, 0) is 22.5 Å². The first-order valence-corrected chi connectivity index (χ1v) is 11.4. The van der Waals surface area contributed by atoms with Gasteiger partial charge >= 0.3 is 6.03 Å². The highest BCUT2D eigenvalue weighted by atomic mass is 16.5. The van der Waals surface area contributed by atoms with Crippen LogP contribution in [0, 0.1) is 13.8 Å². The average molecular weight is 449 g/mol. The van der Waals surface area contributed by atoms with Crippen molar-refractivity contribution in [2.75, 3.05) is 13.2 Å². The molecule has 0 spiro atoms. The van der Waals surface area contributed by atoms with E-state index in [4.69, 9.17) is 4.74 Å². The fraction of sp³-hybridized carbons (Fsp3) is 0.400. The lowest BCUT2D eigenvalue weighted by Gasteiger charge is -2.15. The number of imide groups is 1. The van der Waals surface area contributed by atoms with Crippen LogP contribution in [0.4, 0.5) is 4.79 Å². The molecule has 3 aromatic rings. The summed E-state index contributed by atoms with van der Waals surface area (Å²) in [6.45, 7) is 5.09. The van der Waals surface area contributed by atoms with Crippen molar-refractivity contribution in [3.8, 4) is 0 Å². The molecule has 2 atom stereocenters. The minimum absolute atomic E-state index is 0.161. The minimum Gasteiger partial charge on any atom is -0.376 e. The summed E-state index contributed by atoms with van der Waals surface area (Å²) >= 11 is 0. The van der Waals surface area contributed by atoms with Crippen LogP contribution in [0.2, 0.25) is 0 Å². The number of rotatable bonds is 7. The Labute approximate surface area is 191 Å².